The van der Waals surface area contributed by atoms with E-state index in [1.807, 2.05) is 0 Å². The van der Waals surface area contributed by atoms with Crippen molar-refractivity contribution in [3.63, 3.8) is 0 Å². The first-order chi connectivity index (χ1) is 8.51. The summed E-state index contributed by atoms with van der Waals surface area (Å²) < 4.78 is 0. The summed E-state index contributed by atoms with van der Waals surface area (Å²) in [7, 11) is 0. The molecular weight excluding hydrogens is 271 g/mol. The Morgan fingerprint density at radius 2 is 1.83 bits per heavy atom. The Labute approximate surface area is 118 Å². The Morgan fingerprint density at radius 3 is 2.50 bits per heavy atom. The Morgan fingerprint density at radius 1 is 1.17 bits per heavy atom. The number of aliphatic hydroxyl groups is 2. The van der Waals surface area contributed by atoms with Gasteiger partial charge in [-0.05, 0) is 36.6 Å². The van der Waals surface area contributed by atoms with Crippen molar-refractivity contribution < 1.29 is 10.2 Å². The highest BCUT2D eigenvalue weighted by Gasteiger charge is 2.36. The average molecular weight is 289 g/mol. The number of hydrogen-bond acceptors (Lipinski definition) is 2. The molecule has 1 aliphatic carbocycles. The minimum atomic E-state index is -0.968. The first kappa shape index (κ1) is 14.1. The zero-order valence-electron chi connectivity index (χ0n) is 10.2. The third kappa shape index (κ3) is 3.18. The average Bonchev–Trinajstić information content (AvgIpc) is 2.35. The first-order valence-electron chi connectivity index (χ1n) is 6.36. The van der Waals surface area contributed by atoms with Gasteiger partial charge in [0, 0.05) is 16.5 Å². The molecule has 0 heterocycles. The molecule has 100 valence electrons. The monoisotopic (exact) mass is 288 g/mol. The molecule has 2 rings (SSSR count). The number of benzene rings is 1. The standard InChI is InChI=1S/C14H18Cl2O2/c15-11-4-5-12(16)10(8-11)9-13(17)14(18)6-2-1-3-7-14/h4-5,8,13,17-18H,1-3,6-7,9H2. The molecule has 1 aliphatic rings. The van der Waals surface area contributed by atoms with E-state index in [9.17, 15) is 10.2 Å². The van der Waals surface area contributed by atoms with Crippen LogP contribution >= 0.6 is 23.2 Å². The van der Waals surface area contributed by atoms with Crippen molar-refractivity contribution in [2.75, 3.05) is 0 Å². The van der Waals surface area contributed by atoms with E-state index in [-0.39, 0.29) is 0 Å². The second-order valence-electron chi connectivity index (χ2n) is 5.12. The van der Waals surface area contributed by atoms with Crippen LogP contribution in [0.2, 0.25) is 10.0 Å². The Bertz CT molecular complexity index is 414. The summed E-state index contributed by atoms with van der Waals surface area (Å²) in [5, 5.41) is 21.9. The Hall–Kier alpha value is -0.280. The van der Waals surface area contributed by atoms with Gasteiger partial charge in [0.15, 0.2) is 0 Å². The molecule has 2 nitrogen and oxygen atoms in total. The summed E-state index contributed by atoms with van der Waals surface area (Å²) in [4.78, 5) is 0. The Balaban J connectivity index is 2.10. The van der Waals surface area contributed by atoms with Gasteiger partial charge in [-0.1, -0.05) is 42.5 Å². The number of halogens is 2. The van der Waals surface area contributed by atoms with Crippen LogP contribution in [0.15, 0.2) is 18.2 Å². The Kier molecular flexibility index (Phi) is 4.54. The van der Waals surface area contributed by atoms with Gasteiger partial charge in [-0.25, -0.2) is 0 Å². The van der Waals surface area contributed by atoms with Gasteiger partial charge in [-0.3, -0.25) is 0 Å². The van der Waals surface area contributed by atoms with Crippen molar-refractivity contribution in [3.05, 3.63) is 33.8 Å². The van der Waals surface area contributed by atoms with Crippen LogP contribution in [-0.2, 0) is 6.42 Å². The van der Waals surface area contributed by atoms with E-state index in [1.54, 1.807) is 18.2 Å². The van der Waals surface area contributed by atoms with Crippen LogP contribution in [0.4, 0.5) is 0 Å². The lowest BCUT2D eigenvalue weighted by molar-refractivity contribution is -0.0960. The van der Waals surface area contributed by atoms with Gasteiger partial charge in [0.2, 0.25) is 0 Å². The normalized spacial score (nSPS) is 20.7. The summed E-state index contributed by atoms with van der Waals surface area (Å²) in [5.74, 6) is 0. The van der Waals surface area contributed by atoms with Crippen LogP contribution in [-0.4, -0.2) is 21.9 Å². The quantitative estimate of drug-likeness (QED) is 0.892. The summed E-state index contributed by atoms with van der Waals surface area (Å²) in [6, 6.07) is 5.19. The molecule has 4 heteroatoms. The molecule has 1 aromatic carbocycles. The molecule has 18 heavy (non-hydrogen) atoms. The van der Waals surface area contributed by atoms with E-state index < -0.39 is 11.7 Å². The second kappa shape index (κ2) is 5.79. The van der Waals surface area contributed by atoms with E-state index in [2.05, 4.69) is 0 Å². The lowest BCUT2D eigenvalue weighted by Crippen LogP contribution is -2.45. The summed E-state index contributed by atoms with van der Waals surface area (Å²) in [5.41, 5.74) is -0.181. The van der Waals surface area contributed by atoms with Crippen LogP contribution in [0.3, 0.4) is 0 Å². The highest BCUT2D eigenvalue weighted by Crippen LogP contribution is 2.33. The highest BCUT2D eigenvalue weighted by atomic mass is 35.5. The van der Waals surface area contributed by atoms with Crippen molar-refractivity contribution in [1.29, 1.82) is 0 Å². The lowest BCUT2D eigenvalue weighted by Gasteiger charge is -2.36. The topological polar surface area (TPSA) is 40.5 Å². The fraction of sp³-hybridized carbons (Fsp3) is 0.571. The molecule has 2 N–H and O–H groups in total. The van der Waals surface area contributed by atoms with Gasteiger partial charge in [0.1, 0.15) is 0 Å². The zero-order chi connectivity index (χ0) is 13.2. The van der Waals surface area contributed by atoms with Gasteiger partial charge in [0.05, 0.1) is 11.7 Å². The van der Waals surface area contributed by atoms with E-state index in [1.165, 1.54) is 0 Å². The molecule has 1 aromatic rings. The zero-order valence-corrected chi connectivity index (χ0v) is 11.7. The number of aliphatic hydroxyl groups excluding tert-OH is 1. The molecule has 0 saturated heterocycles. The van der Waals surface area contributed by atoms with Gasteiger partial charge >= 0.3 is 0 Å². The van der Waals surface area contributed by atoms with E-state index >= 15 is 0 Å². The van der Waals surface area contributed by atoms with Crippen molar-refractivity contribution in [1.82, 2.24) is 0 Å². The smallest absolute Gasteiger partial charge is 0.0908 e. The third-order valence-corrected chi connectivity index (χ3v) is 4.36. The maximum atomic E-state index is 10.4. The maximum absolute atomic E-state index is 10.4. The fourth-order valence-corrected chi connectivity index (χ4v) is 2.98. The first-order valence-corrected chi connectivity index (χ1v) is 7.11. The van der Waals surface area contributed by atoms with E-state index in [0.29, 0.717) is 29.3 Å². The lowest BCUT2D eigenvalue weighted by atomic mass is 9.79. The van der Waals surface area contributed by atoms with Crippen molar-refractivity contribution in [3.8, 4) is 0 Å². The van der Waals surface area contributed by atoms with Crippen LogP contribution in [0.25, 0.3) is 0 Å². The van der Waals surface area contributed by atoms with Crippen molar-refractivity contribution in [2.45, 2.75) is 50.2 Å². The van der Waals surface area contributed by atoms with Crippen molar-refractivity contribution in [2.24, 2.45) is 0 Å². The van der Waals surface area contributed by atoms with Crippen LogP contribution in [0.1, 0.15) is 37.7 Å². The molecule has 0 spiro atoms. The van der Waals surface area contributed by atoms with Crippen LogP contribution in [0, 0.1) is 0 Å². The number of rotatable bonds is 3. The molecular formula is C14H18Cl2O2. The molecule has 1 atom stereocenters. The molecule has 0 aromatic heterocycles. The summed E-state index contributed by atoms with van der Waals surface area (Å²) >= 11 is 12.0. The molecule has 1 unspecified atom stereocenters. The predicted octanol–water partition coefficient (Wildman–Crippen LogP) is 3.59. The number of hydrogen-bond donors (Lipinski definition) is 2. The minimum Gasteiger partial charge on any atom is -0.390 e. The van der Waals surface area contributed by atoms with Gasteiger partial charge in [0.25, 0.3) is 0 Å². The van der Waals surface area contributed by atoms with E-state index in [0.717, 1.165) is 24.8 Å². The van der Waals surface area contributed by atoms with Crippen LogP contribution < -0.4 is 0 Å². The molecule has 0 radical (unpaired) electrons. The summed E-state index contributed by atoms with van der Waals surface area (Å²) in [6.07, 6.45) is 3.95. The van der Waals surface area contributed by atoms with Gasteiger partial charge in [-0.15, -0.1) is 0 Å². The molecule has 1 fully saturated rings. The molecule has 0 amide bonds. The molecule has 1 saturated carbocycles. The molecule has 0 aliphatic heterocycles. The third-order valence-electron chi connectivity index (χ3n) is 3.76. The van der Waals surface area contributed by atoms with Gasteiger partial charge in [-0.2, -0.15) is 0 Å². The van der Waals surface area contributed by atoms with Gasteiger partial charge < -0.3 is 10.2 Å². The fourth-order valence-electron chi connectivity index (χ4n) is 2.60. The van der Waals surface area contributed by atoms with E-state index in [4.69, 9.17) is 23.2 Å². The SMILES string of the molecule is OC(Cc1cc(Cl)ccc1Cl)C1(O)CCCCC1. The predicted molar refractivity (Wildman–Crippen MR) is 74.2 cm³/mol. The minimum absolute atomic E-state index is 0.343. The van der Waals surface area contributed by atoms with Crippen molar-refractivity contribution >= 4 is 23.2 Å². The van der Waals surface area contributed by atoms with Crippen LogP contribution in [0.5, 0.6) is 0 Å². The largest absolute Gasteiger partial charge is 0.390 e. The molecule has 0 bridgehead atoms. The summed E-state index contributed by atoms with van der Waals surface area (Å²) in [6.45, 7) is 0. The maximum Gasteiger partial charge on any atom is 0.0908 e. The highest BCUT2D eigenvalue weighted by molar-refractivity contribution is 6.33. The second-order valence-corrected chi connectivity index (χ2v) is 5.96.